The van der Waals surface area contributed by atoms with Crippen LogP contribution in [0.1, 0.15) is 51.6 Å². The van der Waals surface area contributed by atoms with E-state index >= 15 is 0 Å². The summed E-state index contributed by atoms with van der Waals surface area (Å²) in [7, 11) is 0. The van der Waals surface area contributed by atoms with Crippen LogP contribution in [0.4, 0.5) is 0 Å². The quantitative estimate of drug-likeness (QED) is 0.806. The molecule has 0 heterocycles. The molecule has 1 heteroatoms. The normalized spacial score (nSPS) is 18.4. The predicted molar refractivity (Wildman–Crippen MR) is 69.4 cm³/mol. The molecule has 0 amide bonds. The fourth-order valence-electron chi connectivity index (χ4n) is 2.11. The van der Waals surface area contributed by atoms with Crippen LogP contribution in [0, 0.1) is 5.41 Å². The zero-order valence-corrected chi connectivity index (χ0v) is 10.7. The van der Waals surface area contributed by atoms with Gasteiger partial charge >= 0.3 is 0 Å². The van der Waals surface area contributed by atoms with E-state index in [1.54, 1.807) is 0 Å². The lowest BCUT2D eigenvalue weighted by Crippen LogP contribution is -2.27. The first-order valence-corrected chi connectivity index (χ1v) is 6.36. The van der Waals surface area contributed by atoms with Gasteiger partial charge in [0.1, 0.15) is 0 Å². The zero-order chi connectivity index (χ0) is 11.6. The molecule has 1 aromatic carbocycles. The van der Waals surface area contributed by atoms with Crippen molar-refractivity contribution in [2.75, 3.05) is 0 Å². The van der Waals surface area contributed by atoms with Gasteiger partial charge in [-0.05, 0) is 30.2 Å². The number of hydrogen-bond donors (Lipinski definition) is 1. The third-order valence-corrected chi connectivity index (χ3v) is 3.03. The van der Waals surface area contributed by atoms with E-state index in [9.17, 15) is 0 Å². The first-order chi connectivity index (χ1) is 7.54. The summed E-state index contributed by atoms with van der Waals surface area (Å²) in [4.78, 5) is 0. The van der Waals surface area contributed by atoms with Gasteiger partial charge in [0, 0.05) is 12.1 Å². The SMILES string of the molecule is CC(C)(C)CC(NC1CC1)c1ccccc1. The molecule has 16 heavy (non-hydrogen) atoms. The minimum absolute atomic E-state index is 0.377. The van der Waals surface area contributed by atoms with Crippen molar-refractivity contribution in [3.05, 3.63) is 35.9 Å². The minimum Gasteiger partial charge on any atom is -0.307 e. The molecule has 88 valence electrons. The van der Waals surface area contributed by atoms with Crippen LogP contribution in [0.5, 0.6) is 0 Å². The highest BCUT2D eigenvalue weighted by molar-refractivity contribution is 5.19. The van der Waals surface area contributed by atoms with Gasteiger partial charge in [0.25, 0.3) is 0 Å². The molecule has 0 spiro atoms. The van der Waals surface area contributed by atoms with Gasteiger partial charge in [0.15, 0.2) is 0 Å². The molecule has 2 rings (SSSR count). The zero-order valence-electron chi connectivity index (χ0n) is 10.7. The van der Waals surface area contributed by atoms with E-state index in [0.717, 1.165) is 6.04 Å². The van der Waals surface area contributed by atoms with Crippen molar-refractivity contribution in [1.29, 1.82) is 0 Å². The van der Waals surface area contributed by atoms with Crippen LogP contribution in [-0.2, 0) is 0 Å². The second-order valence-electron chi connectivity index (χ2n) is 6.17. The Morgan fingerprint density at radius 1 is 1.19 bits per heavy atom. The lowest BCUT2D eigenvalue weighted by molar-refractivity contribution is 0.310. The van der Waals surface area contributed by atoms with Crippen molar-refractivity contribution in [3.63, 3.8) is 0 Å². The van der Waals surface area contributed by atoms with Crippen LogP contribution in [0.2, 0.25) is 0 Å². The lowest BCUT2D eigenvalue weighted by Gasteiger charge is -2.27. The van der Waals surface area contributed by atoms with Crippen LogP contribution in [0.15, 0.2) is 30.3 Å². The Morgan fingerprint density at radius 3 is 2.31 bits per heavy atom. The van der Waals surface area contributed by atoms with Crippen molar-refractivity contribution in [1.82, 2.24) is 5.32 Å². The van der Waals surface area contributed by atoms with E-state index in [1.165, 1.54) is 24.8 Å². The Bertz CT molecular complexity index is 319. The third kappa shape index (κ3) is 3.64. The van der Waals surface area contributed by atoms with E-state index in [-0.39, 0.29) is 0 Å². The average Bonchev–Trinajstić information content (AvgIpc) is 3.00. The smallest absolute Gasteiger partial charge is 0.0327 e. The summed E-state index contributed by atoms with van der Waals surface area (Å²) >= 11 is 0. The summed E-state index contributed by atoms with van der Waals surface area (Å²) in [5.41, 5.74) is 1.81. The van der Waals surface area contributed by atoms with Crippen molar-refractivity contribution < 1.29 is 0 Å². The minimum atomic E-state index is 0.377. The van der Waals surface area contributed by atoms with E-state index in [0.29, 0.717) is 11.5 Å². The van der Waals surface area contributed by atoms with Gasteiger partial charge in [-0.25, -0.2) is 0 Å². The molecule has 0 aliphatic heterocycles. The number of benzene rings is 1. The number of nitrogens with one attached hydrogen (secondary N) is 1. The van der Waals surface area contributed by atoms with E-state index < -0.39 is 0 Å². The third-order valence-electron chi connectivity index (χ3n) is 3.03. The van der Waals surface area contributed by atoms with Crippen molar-refractivity contribution in [2.45, 2.75) is 52.1 Å². The monoisotopic (exact) mass is 217 g/mol. The van der Waals surface area contributed by atoms with Gasteiger partial charge < -0.3 is 5.32 Å². The summed E-state index contributed by atoms with van der Waals surface area (Å²) in [6.45, 7) is 6.95. The molecule has 0 saturated heterocycles. The number of hydrogen-bond acceptors (Lipinski definition) is 1. The highest BCUT2D eigenvalue weighted by Gasteiger charge is 2.27. The molecule has 0 bridgehead atoms. The molecule has 1 unspecified atom stereocenters. The van der Waals surface area contributed by atoms with Gasteiger partial charge in [0.2, 0.25) is 0 Å². The molecule has 1 aliphatic rings. The van der Waals surface area contributed by atoms with Crippen molar-refractivity contribution >= 4 is 0 Å². The second kappa shape index (κ2) is 4.58. The molecule has 1 nitrogen and oxygen atoms in total. The maximum Gasteiger partial charge on any atom is 0.0327 e. The summed E-state index contributed by atoms with van der Waals surface area (Å²) in [6.07, 6.45) is 3.91. The molecule has 1 N–H and O–H groups in total. The molecule has 1 aliphatic carbocycles. The molecule has 0 aromatic heterocycles. The fourth-order valence-corrected chi connectivity index (χ4v) is 2.11. The Morgan fingerprint density at radius 2 is 1.81 bits per heavy atom. The molecule has 1 fully saturated rings. The van der Waals surface area contributed by atoms with Gasteiger partial charge in [-0.15, -0.1) is 0 Å². The first-order valence-electron chi connectivity index (χ1n) is 6.36. The van der Waals surface area contributed by atoms with E-state index in [4.69, 9.17) is 0 Å². The molecular weight excluding hydrogens is 194 g/mol. The maximum absolute atomic E-state index is 3.76. The second-order valence-corrected chi connectivity index (χ2v) is 6.17. The van der Waals surface area contributed by atoms with Crippen LogP contribution in [-0.4, -0.2) is 6.04 Å². The Hall–Kier alpha value is -0.820. The highest BCUT2D eigenvalue weighted by Crippen LogP contribution is 2.32. The molecule has 0 radical (unpaired) electrons. The topological polar surface area (TPSA) is 12.0 Å². The van der Waals surface area contributed by atoms with Gasteiger partial charge in [-0.1, -0.05) is 51.1 Å². The van der Waals surface area contributed by atoms with Crippen molar-refractivity contribution in [2.24, 2.45) is 5.41 Å². The van der Waals surface area contributed by atoms with Gasteiger partial charge in [0.05, 0.1) is 0 Å². The molecule has 1 saturated carbocycles. The largest absolute Gasteiger partial charge is 0.307 e. The van der Waals surface area contributed by atoms with Gasteiger partial charge in [-0.2, -0.15) is 0 Å². The molecule has 1 atom stereocenters. The summed E-state index contributed by atoms with van der Waals surface area (Å²) in [5.74, 6) is 0. The maximum atomic E-state index is 3.76. The number of rotatable bonds is 4. The van der Waals surface area contributed by atoms with E-state index in [1.807, 2.05) is 0 Å². The van der Waals surface area contributed by atoms with Crippen LogP contribution in [0.3, 0.4) is 0 Å². The highest BCUT2D eigenvalue weighted by atomic mass is 15.0. The molecule has 1 aromatic rings. The lowest BCUT2D eigenvalue weighted by atomic mass is 9.85. The van der Waals surface area contributed by atoms with Crippen LogP contribution < -0.4 is 5.32 Å². The Kier molecular flexibility index (Phi) is 3.34. The predicted octanol–water partition coefficient (Wildman–Crippen LogP) is 3.92. The Labute approximate surface area is 99.3 Å². The summed E-state index contributed by atoms with van der Waals surface area (Å²) in [6, 6.07) is 12.1. The van der Waals surface area contributed by atoms with Crippen LogP contribution >= 0.6 is 0 Å². The standard InChI is InChI=1S/C15H23N/c1-15(2,3)11-14(16-13-9-10-13)12-7-5-4-6-8-12/h4-8,13-14,16H,9-11H2,1-3H3. The van der Waals surface area contributed by atoms with Gasteiger partial charge in [-0.3, -0.25) is 0 Å². The molecular formula is C15H23N. The first kappa shape index (κ1) is 11.7. The summed E-state index contributed by atoms with van der Waals surface area (Å²) in [5, 5.41) is 3.76. The van der Waals surface area contributed by atoms with E-state index in [2.05, 4.69) is 56.4 Å². The fraction of sp³-hybridized carbons (Fsp3) is 0.600. The van der Waals surface area contributed by atoms with Crippen molar-refractivity contribution in [3.8, 4) is 0 Å². The summed E-state index contributed by atoms with van der Waals surface area (Å²) < 4.78 is 0. The van der Waals surface area contributed by atoms with Crippen LogP contribution in [0.25, 0.3) is 0 Å². The Balaban J connectivity index is 2.07. The average molecular weight is 217 g/mol.